The lowest BCUT2D eigenvalue weighted by Crippen LogP contribution is -2.52. The molecule has 1 unspecified atom stereocenters. The highest BCUT2D eigenvalue weighted by Crippen LogP contribution is 2.32. The first-order valence-corrected chi connectivity index (χ1v) is 12.4. The van der Waals surface area contributed by atoms with Crippen molar-refractivity contribution in [2.24, 2.45) is 0 Å². The van der Waals surface area contributed by atoms with E-state index in [4.69, 9.17) is 14.2 Å². The first kappa shape index (κ1) is 25.5. The molecule has 11 heteroatoms. The minimum absolute atomic E-state index is 0.160. The van der Waals surface area contributed by atoms with Gasteiger partial charge in [-0.25, -0.2) is 0 Å². The second kappa shape index (κ2) is 13.0. The van der Waals surface area contributed by atoms with E-state index in [9.17, 15) is 19.2 Å². The van der Waals surface area contributed by atoms with E-state index in [1.165, 1.54) is 4.90 Å². The van der Waals surface area contributed by atoms with Gasteiger partial charge in [0.2, 0.25) is 17.7 Å². The number of alkyl halides is 1. The van der Waals surface area contributed by atoms with Crippen LogP contribution in [0.15, 0.2) is 18.2 Å². The number of benzene rings is 1. The highest BCUT2D eigenvalue weighted by Gasteiger charge is 2.39. The first-order valence-electron chi connectivity index (χ1n) is 10.9. The number of nitrogens with zero attached hydrogens (tertiary/aromatic N) is 1. The van der Waals surface area contributed by atoms with Crippen LogP contribution in [0.1, 0.15) is 35.2 Å². The highest BCUT2D eigenvalue weighted by molar-refractivity contribution is 14.1. The van der Waals surface area contributed by atoms with Gasteiger partial charge in [-0.3, -0.25) is 24.5 Å². The van der Waals surface area contributed by atoms with Crippen LogP contribution in [0.2, 0.25) is 0 Å². The fourth-order valence-electron chi connectivity index (χ4n) is 3.68. The third-order valence-corrected chi connectivity index (χ3v) is 5.74. The fourth-order valence-corrected chi connectivity index (χ4v) is 3.99. The number of fused-ring (bicyclic) bond motifs is 1. The molecule has 180 valence electrons. The summed E-state index contributed by atoms with van der Waals surface area (Å²) in [6, 6.07) is 4.40. The molecular weight excluding hydrogens is 545 g/mol. The van der Waals surface area contributed by atoms with Crippen LogP contribution in [0.4, 0.5) is 5.69 Å². The Kier molecular flexibility index (Phi) is 10.0. The zero-order valence-corrected chi connectivity index (χ0v) is 20.4. The predicted molar refractivity (Wildman–Crippen MR) is 127 cm³/mol. The molecule has 2 aliphatic rings. The summed E-state index contributed by atoms with van der Waals surface area (Å²) < 4.78 is 17.1. The van der Waals surface area contributed by atoms with Crippen LogP contribution in [0, 0.1) is 0 Å². The topological polar surface area (TPSA) is 123 Å². The van der Waals surface area contributed by atoms with Crippen molar-refractivity contribution in [1.29, 1.82) is 0 Å². The summed E-state index contributed by atoms with van der Waals surface area (Å²) in [6.07, 6.45) is 0.642. The van der Waals surface area contributed by atoms with E-state index in [0.717, 1.165) is 4.43 Å². The Hall–Kier alpha value is -2.09. The van der Waals surface area contributed by atoms with Gasteiger partial charge < -0.3 is 24.4 Å². The zero-order valence-electron chi connectivity index (χ0n) is 18.3. The SMILES string of the molecule is O=C1CCC(N2Cc3c(NC(=O)CCOCCOCCOCCI)cccc3C2=O)C(=O)N1. The van der Waals surface area contributed by atoms with Crippen molar-refractivity contribution in [2.45, 2.75) is 31.8 Å². The van der Waals surface area contributed by atoms with E-state index in [1.54, 1.807) is 18.2 Å². The molecule has 33 heavy (non-hydrogen) atoms. The molecule has 0 radical (unpaired) electrons. The van der Waals surface area contributed by atoms with E-state index in [-0.39, 0.29) is 43.7 Å². The lowest BCUT2D eigenvalue weighted by molar-refractivity contribution is -0.137. The molecule has 4 amide bonds. The Labute approximate surface area is 205 Å². The molecule has 0 saturated carbocycles. The molecule has 2 aliphatic heterocycles. The van der Waals surface area contributed by atoms with Crippen molar-refractivity contribution in [2.75, 3.05) is 49.4 Å². The monoisotopic (exact) mass is 573 g/mol. The molecule has 0 aromatic heterocycles. The van der Waals surface area contributed by atoms with Gasteiger partial charge in [0.05, 0.1) is 46.1 Å². The number of hydrogen-bond acceptors (Lipinski definition) is 7. The maximum absolute atomic E-state index is 12.8. The molecule has 2 heterocycles. The van der Waals surface area contributed by atoms with Gasteiger partial charge in [-0.05, 0) is 18.6 Å². The van der Waals surface area contributed by atoms with Gasteiger partial charge >= 0.3 is 0 Å². The lowest BCUT2D eigenvalue weighted by atomic mass is 10.0. The number of halogens is 1. The third-order valence-electron chi connectivity index (χ3n) is 5.30. The Bertz CT molecular complexity index is 880. The van der Waals surface area contributed by atoms with Crippen LogP contribution >= 0.6 is 22.6 Å². The standard InChI is InChI=1S/C22H28IN3O7/c23-7-9-32-11-13-33-12-10-31-8-6-20(28)24-17-3-1-2-15-16(17)14-26(22(15)30)18-4-5-19(27)25-21(18)29/h1-3,18H,4-14H2,(H,24,28)(H,25,27,29). The number of hydrogen-bond donors (Lipinski definition) is 2. The summed E-state index contributed by atoms with van der Waals surface area (Å²) in [5, 5.41) is 5.12. The van der Waals surface area contributed by atoms with Crippen molar-refractivity contribution < 1.29 is 33.4 Å². The van der Waals surface area contributed by atoms with Gasteiger partial charge in [-0.15, -0.1) is 0 Å². The van der Waals surface area contributed by atoms with Crippen molar-refractivity contribution in [3.05, 3.63) is 29.3 Å². The second-order valence-corrected chi connectivity index (χ2v) is 8.63. The Morgan fingerprint density at radius 1 is 1.06 bits per heavy atom. The Balaban J connectivity index is 1.42. The maximum atomic E-state index is 12.8. The van der Waals surface area contributed by atoms with Crippen molar-refractivity contribution in [3.63, 3.8) is 0 Å². The van der Waals surface area contributed by atoms with Gasteiger partial charge in [0, 0.05) is 34.2 Å². The van der Waals surface area contributed by atoms with Gasteiger partial charge in [0.25, 0.3) is 5.91 Å². The summed E-state index contributed by atoms with van der Waals surface area (Å²) in [6.45, 7) is 3.03. The van der Waals surface area contributed by atoms with Crippen LogP contribution in [-0.2, 0) is 35.1 Å². The van der Waals surface area contributed by atoms with E-state index < -0.39 is 11.9 Å². The number of anilines is 1. The largest absolute Gasteiger partial charge is 0.379 e. The molecule has 2 N–H and O–H groups in total. The molecule has 3 rings (SSSR count). The molecule has 1 aromatic rings. The lowest BCUT2D eigenvalue weighted by Gasteiger charge is -2.29. The predicted octanol–water partition coefficient (Wildman–Crippen LogP) is 1.26. The number of nitrogens with one attached hydrogen (secondary N) is 2. The van der Waals surface area contributed by atoms with Crippen molar-refractivity contribution in [1.82, 2.24) is 10.2 Å². The minimum atomic E-state index is -0.695. The summed E-state index contributed by atoms with van der Waals surface area (Å²) in [7, 11) is 0. The third kappa shape index (κ3) is 7.19. The highest BCUT2D eigenvalue weighted by atomic mass is 127. The Morgan fingerprint density at radius 3 is 2.45 bits per heavy atom. The molecule has 1 aromatic carbocycles. The van der Waals surface area contributed by atoms with Crippen LogP contribution < -0.4 is 10.6 Å². The molecule has 0 aliphatic carbocycles. The van der Waals surface area contributed by atoms with Crippen LogP contribution in [0.5, 0.6) is 0 Å². The Morgan fingerprint density at radius 2 is 1.76 bits per heavy atom. The van der Waals surface area contributed by atoms with Gasteiger partial charge in [-0.1, -0.05) is 28.7 Å². The van der Waals surface area contributed by atoms with Gasteiger partial charge in [-0.2, -0.15) is 0 Å². The second-order valence-electron chi connectivity index (χ2n) is 7.56. The normalized spacial score (nSPS) is 17.8. The number of amides is 4. The molecule has 1 fully saturated rings. The number of imide groups is 1. The van der Waals surface area contributed by atoms with Gasteiger partial charge in [0.1, 0.15) is 6.04 Å². The van der Waals surface area contributed by atoms with Crippen molar-refractivity contribution >= 4 is 51.9 Å². The smallest absolute Gasteiger partial charge is 0.255 e. The first-order chi connectivity index (χ1) is 16.0. The van der Waals surface area contributed by atoms with Crippen LogP contribution in [0.3, 0.4) is 0 Å². The number of ether oxygens (including phenoxy) is 3. The molecule has 0 spiro atoms. The summed E-state index contributed by atoms with van der Waals surface area (Å²) >= 11 is 2.24. The average molecular weight is 573 g/mol. The summed E-state index contributed by atoms with van der Waals surface area (Å²) in [5.74, 6) is -1.31. The number of carbonyl (C=O) groups is 4. The number of piperidine rings is 1. The maximum Gasteiger partial charge on any atom is 0.255 e. The fraction of sp³-hybridized carbons (Fsp3) is 0.545. The minimum Gasteiger partial charge on any atom is -0.379 e. The van der Waals surface area contributed by atoms with Crippen molar-refractivity contribution in [3.8, 4) is 0 Å². The van der Waals surface area contributed by atoms with E-state index in [1.807, 2.05) is 0 Å². The average Bonchev–Trinajstić information content (AvgIpc) is 3.12. The molecule has 1 saturated heterocycles. The summed E-state index contributed by atoms with van der Waals surface area (Å²) in [5.41, 5.74) is 1.66. The molecule has 0 bridgehead atoms. The zero-order chi connectivity index (χ0) is 23.6. The molecule has 10 nitrogen and oxygen atoms in total. The van der Waals surface area contributed by atoms with Gasteiger partial charge in [0.15, 0.2) is 0 Å². The van der Waals surface area contributed by atoms with Crippen LogP contribution in [-0.4, -0.2) is 78.6 Å². The molecule has 1 atom stereocenters. The van der Waals surface area contributed by atoms with E-state index >= 15 is 0 Å². The molecular formula is C22H28IN3O7. The van der Waals surface area contributed by atoms with E-state index in [2.05, 4.69) is 33.2 Å². The number of carbonyl (C=O) groups excluding carboxylic acids is 4. The quantitative estimate of drug-likeness (QED) is 0.158. The summed E-state index contributed by atoms with van der Waals surface area (Å²) in [4.78, 5) is 50.3. The van der Waals surface area contributed by atoms with E-state index in [0.29, 0.717) is 56.3 Å². The van der Waals surface area contributed by atoms with Crippen LogP contribution in [0.25, 0.3) is 0 Å². The number of rotatable bonds is 13.